The number of nitrogens with zero attached hydrogens (tertiary/aromatic N) is 2. The third kappa shape index (κ3) is 2.33. The maximum atomic E-state index is 12.3. The lowest BCUT2D eigenvalue weighted by molar-refractivity contribution is 0.840. The Morgan fingerprint density at radius 3 is 2.86 bits per heavy atom. The van der Waals surface area contributed by atoms with Gasteiger partial charge in [0.25, 0.3) is 5.56 Å². The van der Waals surface area contributed by atoms with Gasteiger partial charge >= 0.3 is 0 Å². The largest absolute Gasteiger partial charge is 0.369 e. The molecule has 21 heavy (non-hydrogen) atoms. The first-order chi connectivity index (χ1) is 9.97. The van der Waals surface area contributed by atoms with Gasteiger partial charge in [0.1, 0.15) is 5.49 Å². The summed E-state index contributed by atoms with van der Waals surface area (Å²) in [6.07, 6.45) is 0. The minimum atomic E-state index is -0.304. The van der Waals surface area contributed by atoms with Crippen molar-refractivity contribution in [1.29, 1.82) is 5.41 Å². The number of aryl methyl sites for hydroxylation is 1. The fourth-order valence-electron chi connectivity index (χ4n) is 2.27. The molecule has 4 N–H and O–H groups in total. The fourth-order valence-corrected chi connectivity index (χ4v) is 2.81. The molecule has 0 fully saturated rings. The summed E-state index contributed by atoms with van der Waals surface area (Å²) in [5.41, 5.74) is 7.52. The lowest BCUT2D eigenvalue weighted by Gasteiger charge is -2.10. The summed E-state index contributed by atoms with van der Waals surface area (Å²) in [4.78, 5) is 19.0. The van der Waals surface area contributed by atoms with Crippen molar-refractivity contribution in [1.82, 2.24) is 14.5 Å². The molecule has 0 unspecified atom stereocenters. The zero-order valence-electron chi connectivity index (χ0n) is 11.1. The van der Waals surface area contributed by atoms with Gasteiger partial charge in [0.2, 0.25) is 5.95 Å². The van der Waals surface area contributed by atoms with Gasteiger partial charge in [-0.25, -0.2) is 0 Å². The van der Waals surface area contributed by atoms with Gasteiger partial charge in [-0.1, -0.05) is 12.1 Å². The average Bonchev–Trinajstić information content (AvgIpc) is 2.42. The molecule has 7 heteroatoms. The Hall–Kier alpha value is -2.16. The van der Waals surface area contributed by atoms with Crippen LogP contribution in [0.15, 0.2) is 35.1 Å². The van der Waals surface area contributed by atoms with Crippen LogP contribution in [0.3, 0.4) is 0 Å². The van der Waals surface area contributed by atoms with E-state index in [9.17, 15) is 4.79 Å². The van der Waals surface area contributed by atoms with E-state index in [2.05, 4.69) is 32.6 Å². The van der Waals surface area contributed by atoms with Crippen LogP contribution in [0.2, 0.25) is 0 Å². The summed E-state index contributed by atoms with van der Waals surface area (Å²) >= 11 is 2.21. The van der Waals surface area contributed by atoms with Gasteiger partial charge in [-0.3, -0.25) is 15.2 Å². The van der Waals surface area contributed by atoms with Crippen LogP contribution in [0.25, 0.3) is 22.2 Å². The predicted octanol–water partition coefficient (Wildman–Crippen LogP) is 1.59. The van der Waals surface area contributed by atoms with E-state index in [-0.39, 0.29) is 17.0 Å². The number of halogens is 1. The summed E-state index contributed by atoms with van der Waals surface area (Å²) in [5, 5.41) is 8.49. The Labute approximate surface area is 133 Å². The molecule has 0 aliphatic carbocycles. The van der Waals surface area contributed by atoms with E-state index in [1.54, 1.807) is 17.7 Å². The van der Waals surface area contributed by atoms with Crippen molar-refractivity contribution in [2.45, 2.75) is 0 Å². The van der Waals surface area contributed by atoms with E-state index in [0.717, 1.165) is 9.13 Å². The van der Waals surface area contributed by atoms with E-state index in [4.69, 9.17) is 11.1 Å². The summed E-state index contributed by atoms with van der Waals surface area (Å²) in [7, 11) is 1.69. The third-order valence-corrected chi connectivity index (χ3v) is 3.95. The highest BCUT2D eigenvalue weighted by Crippen LogP contribution is 2.25. The molecule has 6 nitrogen and oxygen atoms in total. The molecule has 3 aromatic rings. The van der Waals surface area contributed by atoms with E-state index in [0.29, 0.717) is 16.6 Å². The number of aromatic nitrogens is 3. The lowest BCUT2D eigenvalue weighted by Crippen LogP contribution is -2.22. The summed E-state index contributed by atoms with van der Waals surface area (Å²) in [6.45, 7) is 0. The number of aromatic amines is 1. The standard InChI is InChI=1S/C14H12IN5O/c1-20-10(16)6-9(7-3-2-4-8(15)5-7)11-12(20)18-14(17)19-13(11)21/h2-6,16H,1H3,(H3,17,18,19,21). The van der Waals surface area contributed by atoms with Crippen LogP contribution < -0.4 is 16.8 Å². The molecule has 0 saturated carbocycles. The van der Waals surface area contributed by atoms with Gasteiger partial charge in [0, 0.05) is 16.2 Å². The third-order valence-electron chi connectivity index (χ3n) is 3.28. The summed E-state index contributed by atoms with van der Waals surface area (Å²) in [5.74, 6) is 0.0438. The van der Waals surface area contributed by atoms with Crippen molar-refractivity contribution in [2.75, 3.05) is 5.73 Å². The Morgan fingerprint density at radius 2 is 2.14 bits per heavy atom. The molecule has 0 saturated heterocycles. The van der Waals surface area contributed by atoms with E-state index < -0.39 is 0 Å². The first kappa shape index (κ1) is 13.8. The SMILES string of the molecule is Cn1c(=N)cc(-c2cccc(I)c2)c2c(=O)[nH]c(N)nc21. The molecule has 0 spiro atoms. The van der Waals surface area contributed by atoms with E-state index >= 15 is 0 Å². The number of rotatable bonds is 1. The maximum Gasteiger partial charge on any atom is 0.262 e. The van der Waals surface area contributed by atoms with Crippen LogP contribution in [0.1, 0.15) is 0 Å². The zero-order chi connectivity index (χ0) is 15.1. The van der Waals surface area contributed by atoms with Gasteiger partial charge < -0.3 is 10.3 Å². The highest BCUT2D eigenvalue weighted by Gasteiger charge is 2.13. The zero-order valence-corrected chi connectivity index (χ0v) is 13.3. The molecule has 1 aromatic carbocycles. The number of pyridine rings is 1. The first-order valence-corrected chi connectivity index (χ1v) is 7.25. The quantitative estimate of drug-likeness (QED) is 0.548. The number of anilines is 1. The summed E-state index contributed by atoms with van der Waals surface area (Å²) < 4.78 is 2.59. The van der Waals surface area contributed by atoms with Gasteiger partial charge in [-0.2, -0.15) is 4.98 Å². The highest BCUT2D eigenvalue weighted by atomic mass is 127. The average molecular weight is 393 g/mol. The van der Waals surface area contributed by atoms with Crippen molar-refractivity contribution < 1.29 is 0 Å². The molecule has 0 radical (unpaired) electrons. The number of nitrogens with two attached hydrogens (primary N) is 1. The number of H-pyrrole nitrogens is 1. The second kappa shape index (κ2) is 4.99. The van der Waals surface area contributed by atoms with Crippen LogP contribution in [0.4, 0.5) is 5.95 Å². The van der Waals surface area contributed by atoms with Gasteiger partial charge in [0.15, 0.2) is 5.65 Å². The molecule has 0 amide bonds. The molecule has 3 rings (SSSR count). The Morgan fingerprint density at radius 1 is 1.38 bits per heavy atom. The second-order valence-electron chi connectivity index (χ2n) is 4.66. The van der Waals surface area contributed by atoms with E-state index in [1.165, 1.54) is 0 Å². The summed E-state index contributed by atoms with van der Waals surface area (Å²) in [6, 6.07) is 9.42. The van der Waals surface area contributed by atoms with Gasteiger partial charge in [0.05, 0.1) is 5.39 Å². The van der Waals surface area contributed by atoms with Crippen molar-refractivity contribution in [2.24, 2.45) is 7.05 Å². The second-order valence-corrected chi connectivity index (χ2v) is 5.91. The van der Waals surface area contributed by atoms with Crippen LogP contribution in [-0.4, -0.2) is 14.5 Å². The highest BCUT2D eigenvalue weighted by molar-refractivity contribution is 14.1. The Bertz CT molecular complexity index is 973. The van der Waals surface area contributed by atoms with Crippen LogP contribution in [0.5, 0.6) is 0 Å². The molecular formula is C14H12IN5O. The number of nitrogen functional groups attached to an aromatic ring is 1. The number of nitrogens with one attached hydrogen (secondary N) is 2. The minimum absolute atomic E-state index is 0.0438. The van der Waals surface area contributed by atoms with Gasteiger partial charge in [-0.05, 0) is 46.4 Å². The van der Waals surface area contributed by atoms with Crippen LogP contribution in [0, 0.1) is 8.98 Å². The molecule has 0 aliphatic rings. The molecule has 0 bridgehead atoms. The number of benzene rings is 1. The first-order valence-electron chi connectivity index (χ1n) is 6.17. The normalized spacial score (nSPS) is 11.0. The smallest absolute Gasteiger partial charge is 0.262 e. The van der Waals surface area contributed by atoms with Crippen molar-refractivity contribution in [3.8, 4) is 11.1 Å². The van der Waals surface area contributed by atoms with Gasteiger partial charge in [-0.15, -0.1) is 0 Å². The molecule has 0 atom stereocenters. The number of fused-ring (bicyclic) bond motifs is 1. The number of hydrogen-bond donors (Lipinski definition) is 3. The topological polar surface area (TPSA) is 101 Å². The Balaban J connectivity index is 2.52. The molecule has 2 aromatic heterocycles. The molecular weight excluding hydrogens is 381 g/mol. The maximum absolute atomic E-state index is 12.3. The van der Waals surface area contributed by atoms with Crippen molar-refractivity contribution in [3.63, 3.8) is 0 Å². The molecule has 0 aliphatic heterocycles. The Kier molecular flexibility index (Phi) is 3.28. The fraction of sp³-hybridized carbons (Fsp3) is 0.0714. The minimum Gasteiger partial charge on any atom is -0.369 e. The lowest BCUT2D eigenvalue weighted by atomic mass is 10.0. The van der Waals surface area contributed by atoms with Crippen molar-refractivity contribution >= 4 is 39.6 Å². The molecule has 106 valence electrons. The van der Waals surface area contributed by atoms with Crippen molar-refractivity contribution in [3.05, 3.63) is 49.7 Å². The van der Waals surface area contributed by atoms with E-state index in [1.807, 2.05) is 24.3 Å². The monoisotopic (exact) mass is 393 g/mol. The predicted molar refractivity (Wildman–Crippen MR) is 89.8 cm³/mol. The number of hydrogen-bond acceptors (Lipinski definition) is 4. The van der Waals surface area contributed by atoms with Crippen LogP contribution in [-0.2, 0) is 7.05 Å². The van der Waals surface area contributed by atoms with Crippen LogP contribution >= 0.6 is 22.6 Å². The molecule has 2 heterocycles.